The van der Waals surface area contributed by atoms with Gasteiger partial charge in [0, 0.05) is 0 Å². The largest absolute Gasteiger partial charge is 0.416 e. The lowest BCUT2D eigenvalue weighted by atomic mass is 10.1. The third-order valence-corrected chi connectivity index (χ3v) is 2.61. The van der Waals surface area contributed by atoms with Crippen LogP contribution >= 0.6 is 0 Å². The van der Waals surface area contributed by atoms with Crippen molar-refractivity contribution in [2.45, 2.75) is 25.7 Å². The molecule has 1 N–H and O–H groups in total. The van der Waals surface area contributed by atoms with E-state index in [0.29, 0.717) is 17.8 Å². The highest BCUT2D eigenvalue weighted by Crippen LogP contribution is 2.29. The third-order valence-electron chi connectivity index (χ3n) is 2.61. The predicted molar refractivity (Wildman–Crippen MR) is 61.2 cm³/mol. The molecule has 0 amide bonds. The van der Waals surface area contributed by atoms with E-state index in [1.54, 1.807) is 13.1 Å². The summed E-state index contributed by atoms with van der Waals surface area (Å²) in [5, 5.41) is 16.8. The molecule has 0 aliphatic heterocycles. The zero-order valence-corrected chi connectivity index (χ0v) is 10.1. The molecule has 1 heterocycles. The maximum absolute atomic E-state index is 12.4. The van der Waals surface area contributed by atoms with Gasteiger partial charge < -0.3 is 5.11 Å². The van der Waals surface area contributed by atoms with Gasteiger partial charge in [0.2, 0.25) is 0 Å². The van der Waals surface area contributed by atoms with Crippen molar-refractivity contribution in [3.8, 4) is 0 Å². The first-order valence-electron chi connectivity index (χ1n) is 5.60. The van der Waals surface area contributed by atoms with Crippen LogP contribution < -0.4 is 0 Å². The fourth-order valence-electron chi connectivity index (χ4n) is 1.57. The van der Waals surface area contributed by atoms with Gasteiger partial charge in [0.25, 0.3) is 0 Å². The third kappa shape index (κ3) is 3.31. The number of nitrogens with zero attached hydrogens (tertiary/aromatic N) is 3. The van der Waals surface area contributed by atoms with Crippen LogP contribution in [0, 0.1) is 0 Å². The molecule has 0 saturated heterocycles. The van der Waals surface area contributed by atoms with Crippen LogP contribution in [0.4, 0.5) is 13.2 Å². The summed E-state index contributed by atoms with van der Waals surface area (Å²) in [4.78, 5) is 0. The molecule has 1 unspecified atom stereocenters. The number of hydrogen-bond donors (Lipinski definition) is 1. The monoisotopic (exact) mass is 271 g/mol. The Kier molecular flexibility index (Phi) is 3.57. The van der Waals surface area contributed by atoms with Gasteiger partial charge in [-0.1, -0.05) is 17.3 Å². The quantitative estimate of drug-likeness (QED) is 0.932. The highest BCUT2D eigenvalue weighted by Gasteiger charge is 2.29. The fourth-order valence-corrected chi connectivity index (χ4v) is 1.57. The molecule has 0 spiro atoms. The van der Waals surface area contributed by atoms with Crippen LogP contribution in [0.2, 0.25) is 0 Å². The van der Waals surface area contributed by atoms with Gasteiger partial charge in [-0.2, -0.15) is 13.2 Å². The Morgan fingerprint density at radius 3 is 2.37 bits per heavy atom. The topological polar surface area (TPSA) is 50.9 Å². The first kappa shape index (κ1) is 13.5. The second-order valence-electron chi connectivity index (χ2n) is 4.21. The summed E-state index contributed by atoms with van der Waals surface area (Å²) >= 11 is 0. The Morgan fingerprint density at radius 1 is 1.26 bits per heavy atom. The highest BCUT2D eigenvalue weighted by molar-refractivity contribution is 5.24. The molecule has 0 aliphatic rings. The van der Waals surface area contributed by atoms with Crippen LogP contribution in [0.3, 0.4) is 0 Å². The number of aromatic nitrogens is 3. The second-order valence-corrected chi connectivity index (χ2v) is 4.21. The zero-order valence-electron chi connectivity index (χ0n) is 10.1. The van der Waals surface area contributed by atoms with Crippen LogP contribution in [0.25, 0.3) is 0 Å². The van der Waals surface area contributed by atoms with Crippen molar-refractivity contribution < 1.29 is 18.3 Å². The molecule has 102 valence electrons. The van der Waals surface area contributed by atoms with Gasteiger partial charge in [-0.25, -0.2) is 4.68 Å². The summed E-state index contributed by atoms with van der Waals surface area (Å²) in [6.07, 6.45) is -3.49. The number of alkyl halides is 3. The normalized spacial score (nSPS) is 13.5. The Morgan fingerprint density at radius 2 is 1.89 bits per heavy atom. The number of benzene rings is 1. The van der Waals surface area contributed by atoms with E-state index < -0.39 is 17.8 Å². The van der Waals surface area contributed by atoms with Crippen molar-refractivity contribution >= 4 is 0 Å². The molecule has 2 rings (SSSR count). The van der Waals surface area contributed by atoms with Crippen LogP contribution in [-0.2, 0) is 12.7 Å². The van der Waals surface area contributed by atoms with E-state index in [9.17, 15) is 18.3 Å². The SMILES string of the molecule is CC(O)c1cn(Cc2ccc(C(F)(F)F)cc2)nn1. The lowest BCUT2D eigenvalue weighted by Gasteiger charge is -2.07. The first-order chi connectivity index (χ1) is 8.86. The molecule has 0 saturated carbocycles. The van der Waals surface area contributed by atoms with E-state index in [1.807, 2.05) is 0 Å². The van der Waals surface area contributed by atoms with Crippen LogP contribution in [0.5, 0.6) is 0 Å². The van der Waals surface area contributed by atoms with Crippen LogP contribution in [0.1, 0.15) is 29.8 Å². The average Bonchev–Trinajstić information content (AvgIpc) is 2.77. The molecule has 4 nitrogen and oxygen atoms in total. The molecular formula is C12H12F3N3O. The Balaban J connectivity index is 2.11. The molecule has 0 aliphatic carbocycles. The predicted octanol–water partition coefficient (Wildman–Crippen LogP) is 2.40. The maximum atomic E-state index is 12.4. The smallest absolute Gasteiger partial charge is 0.387 e. The summed E-state index contributed by atoms with van der Waals surface area (Å²) in [5.41, 5.74) is 0.418. The van der Waals surface area contributed by atoms with E-state index in [2.05, 4.69) is 10.3 Å². The average molecular weight is 271 g/mol. The highest BCUT2D eigenvalue weighted by atomic mass is 19.4. The van der Waals surface area contributed by atoms with Crippen molar-refractivity contribution in [1.82, 2.24) is 15.0 Å². The summed E-state index contributed by atoms with van der Waals surface area (Å²) in [6.45, 7) is 1.87. The lowest BCUT2D eigenvalue weighted by Crippen LogP contribution is -2.05. The Bertz CT molecular complexity index is 546. The van der Waals surface area contributed by atoms with Crippen molar-refractivity contribution in [2.24, 2.45) is 0 Å². The van der Waals surface area contributed by atoms with E-state index in [0.717, 1.165) is 12.1 Å². The van der Waals surface area contributed by atoms with Crippen molar-refractivity contribution in [3.05, 3.63) is 47.3 Å². The molecule has 0 radical (unpaired) electrons. The molecule has 2 aromatic rings. The van der Waals surface area contributed by atoms with Crippen LogP contribution in [0.15, 0.2) is 30.5 Å². The fraction of sp³-hybridized carbons (Fsp3) is 0.333. The molecule has 1 aromatic carbocycles. The number of hydrogen-bond acceptors (Lipinski definition) is 3. The Hall–Kier alpha value is -1.89. The number of rotatable bonds is 3. The summed E-state index contributed by atoms with van der Waals surface area (Å²) in [7, 11) is 0. The van der Waals surface area contributed by atoms with Crippen molar-refractivity contribution in [1.29, 1.82) is 0 Å². The zero-order chi connectivity index (χ0) is 14.0. The minimum atomic E-state index is -4.33. The minimum absolute atomic E-state index is 0.303. The summed E-state index contributed by atoms with van der Waals surface area (Å²) in [6, 6.07) is 4.85. The number of aliphatic hydroxyl groups is 1. The number of halogens is 3. The lowest BCUT2D eigenvalue weighted by molar-refractivity contribution is -0.137. The maximum Gasteiger partial charge on any atom is 0.416 e. The second kappa shape index (κ2) is 5.00. The molecule has 0 bridgehead atoms. The standard InChI is InChI=1S/C12H12F3N3O/c1-8(19)11-7-18(17-16-11)6-9-2-4-10(5-3-9)12(13,14)15/h2-5,7-8,19H,6H2,1H3. The Labute approximate surface area is 107 Å². The van der Waals surface area contributed by atoms with Gasteiger partial charge in [-0.3, -0.25) is 0 Å². The van der Waals surface area contributed by atoms with Gasteiger partial charge in [-0.15, -0.1) is 5.10 Å². The van der Waals surface area contributed by atoms with Crippen LogP contribution in [-0.4, -0.2) is 20.1 Å². The summed E-state index contributed by atoms with van der Waals surface area (Å²) < 4.78 is 38.6. The van der Waals surface area contributed by atoms with E-state index in [4.69, 9.17) is 0 Å². The van der Waals surface area contributed by atoms with Gasteiger partial charge >= 0.3 is 6.18 Å². The molecule has 1 aromatic heterocycles. The van der Waals surface area contributed by atoms with Crippen molar-refractivity contribution in [2.75, 3.05) is 0 Å². The first-order valence-corrected chi connectivity index (χ1v) is 5.60. The van der Waals surface area contributed by atoms with Gasteiger partial charge in [-0.05, 0) is 24.6 Å². The molecular weight excluding hydrogens is 259 g/mol. The minimum Gasteiger partial charge on any atom is -0.387 e. The van der Waals surface area contributed by atoms with Gasteiger partial charge in [0.15, 0.2) is 0 Å². The van der Waals surface area contributed by atoms with Gasteiger partial charge in [0.1, 0.15) is 5.69 Å². The number of aliphatic hydroxyl groups excluding tert-OH is 1. The van der Waals surface area contributed by atoms with E-state index in [-0.39, 0.29) is 0 Å². The molecule has 19 heavy (non-hydrogen) atoms. The van der Waals surface area contributed by atoms with E-state index >= 15 is 0 Å². The molecule has 0 fully saturated rings. The van der Waals surface area contributed by atoms with Crippen molar-refractivity contribution in [3.63, 3.8) is 0 Å². The summed E-state index contributed by atoms with van der Waals surface area (Å²) in [5.74, 6) is 0. The molecule has 1 atom stereocenters. The van der Waals surface area contributed by atoms with Gasteiger partial charge in [0.05, 0.1) is 24.4 Å². The molecule has 7 heteroatoms. The van der Waals surface area contributed by atoms with E-state index in [1.165, 1.54) is 16.8 Å².